The molecule has 0 fully saturated rings. The Labute approximate surface area is 263 Å². The number of fused-ring (bicyclic) bond motifs is 1. The minimum atomic E-state index is -5.02. The molecule has 4 rings (SSSR count). The van der Waals surface area contributed by atoms with Gasteiger partial charge in [-0.3, -0.25) is 23.8 Å². The Morgan fingerprint density at radius 3 is 2.00 bits per heavy atom. The Balaban J connectivity index is 1.79. The topological polar surface area (TPSA) is 334 Å². The number of anilines is 2. The number of nitro benzene ring substituents is 1. The fourth-order valence-corrected chi connectivity index (χ4v) is 6.49. The van der Waals surface area contributed by atoms with Gasteiger partial charge in [-0.2, -0.15) is 25.3 Å². The van der Waals surface area contributed by atoms with Crippen LogP contribution in [-0.4, -0.2) is 65.3 Å². The number of hydrogen-bond acceptors (Lipinski definition) is 17. The van der Waals surface area contributed by atoms with E-state index in [0.717, 1.165) is 36.0 Å². The summed E-state index contributed by atoms with van der Waals surface area (Å²) >= 11 is 0.842. The van der Waals surface area contributed by atoms with Crippen molar-refractivity contribution in [3.8, 4) is 0 Å². The molecule has 3 aromatic carbocycles. The van der Waals surface area contributed by atoms with Crippen molar-refractivity contribution in [1.29, 1.82) is 0 Å². The summed E-state index contributed by atoms with van der Waals surface area (Å²) in [6, 6.07) is 8.58. The molecule has 0 aliphatic carbocycles. The first-order valence-corrected chi connectivity index (χ1v) is 17.5. The number of nitrogen functional groups attached to an aromatic ring is 2. The summed E-state index contributed by atoms with van der Waals surface area (Å²) in [4.78, 5) is 16.5. The first-order valence-electron chi connectivity index (χ1n) is 12.0. The van der Waals surface area contributed by atoms with Crippen LogP contribution in [0, 0.1) is 10.1 Å². The zero-order chi connectivity index (χ0) is 34.0. The Kier molecular flexibility index (Phi) is 9.62. The molecule has 0 bridgehead atoms. The molecule has 4 aromatic rings. The first-order chi connectivity index (χ1) is 21.3. The van der Waals surface area contributed by atoms with Gasteiger partial charge in [-0.15, -0.1) is 20.5 Å². The molecule has 0 unspecified atom stereocenters. The van der Waals surface area contributed by atoms with Crippen LogP contribution < -0.4 is 11.5 Å². The lowest BCUT2D eigenvalue weighted by Crippen LogP contribution is -2.07. The highest BCUT2D eigenvalue weighted by atomic mass is 32.2. The number of nitro groups is 1. The van der Waals surface area contributed by atoms with Crippen molar-refractivity contribution in [1.82, 2.24) is 9.97 Å². The zero-order valence-electron chi connectivity index (χ0n) is 22.6. The lowest BCUT2D eigenvalue weighted by molar-refractivity contribution is -0.385. The van der Waals surface area contributed by atoms with Crippen LogP contribution in [0.5, 0.6) is 0 Å². The van der Waals surface area contributed by atoms with Gasteiger partial charge in [-0.05, 0) is 24.3 Å². The minimum Gasteiger partial charge on any atom is -0.382 e. The third-order valence-electron chi connectivity index (χ3n) is 5.67. The number of hydrogen-bond donors (Lipinski definition) is 5. The number of aromatic nitrogens is 2. The van der Waals surface area contributed by atoms with E-state index in [-0.39, 0.29) is 50.4 Å². The van der Waals surface area contributed by atoms with E-state index >= 15 is 0 Å². The van der Waals surface area contributed by atoms with E-state index in [9.17, 15) is 44.5 Å². The predicted octanol–water partition coefficient (Wildman–Crippen LogP) is 4.01. The van der Waals surface area contributed by atoms with Gasteiger partial charge in [0.25, 0.3) is 36.0 Å². The van der Waals surface area contributed by atoms with Crippen molar-refractivity contribution in [2.45, 2.75) is 14.9 Å². The van der Waals surface area contributed by atoms with E-state index in [1.807, 2.05) is 0 Å². The summed E-state index contributed by atoms with van der Waals surface area (Å²) in [5, 5.41) is 26.9. The van der Waals surface area contributed by atoms with Crippen molar-refractivity contribution < 1.29 is 43.8 Å². The number of azo groups is 2. The number of benzene rings is 3. The molecular weight excluding hydrogens is 695 g/mol. The summed E-state index contributed by atoms with van der Waals surface area (Å²) in [6.07, 6.45) is 0. The zero-order valence-corrected chi connectivity index (χ0v) is 25.8. The van der Waals surface area contributed by atoms with Gasteiger partial charge in [0, 0.05) is 28.7 Å². The van der Waals surface area contributed by atoms with Crippen LogP contribution in [0.15, 0.2) is 83.9 Å². The van der Waals surface area contributed by atoms with Gasteiger partial charge < -0.3 is 11.5 Å². The van der Waals surface area contributed by atoms with Crippen LogP contribution in [0.1, 0.15) is 0 Å². The Morgan fingerprint density at radius 1 is 0.783 bits per heavy atom. The molecule has 0 aliphatic heterocycles. The molecule has 46 heavy (non-hydrogen) atoms. The maximum absolute atomic E-state index is 12.1. The second kappa shape index (κ2) is 12.9. The number of thioether (sulfide) groups is 1. The molecule has 0 aliphatic rings. The van der Waals surface area contributed by atoms with Crippen molar-refractivity contribution in [2.75, 3.05) is 23.0 Å². The monoisotopic (exact) mass is 713 g/mol. The molecule has 0 radical (unpaired) electrons. The molecule has 1 heterocycles. The predicted molar refractivity (Wildman–Crippen MR) is 163 cm³/mol. The third-order valence-corrected chi connectivity index (χ3v) is 9.21. The van der Waals surface area contributed by atoms with Crippen molar-refractivity contribution in [3.05, 3.63) is 58.6 Å². The summed E-state index contributed by atoms with van der Waals surface area (Å²) < 4.78 is 97.9. The normalized spacial score (nSPS) is 12.8. The number of nitrogens with two attached hydrogens (primary N) is 2. The largest absolute Gasteiger partial charge is 0.382 e. The molecule has 24 heteroatoms. The first kappa shape index (κ1) is 34.2. The molecule has 20 nitrogen and oxygen atoms in total. The summed E-state index contributed by atoms with van der Waals surface area (Å²) in [7, 11) is -14.1. The Hall–Kier alpha value is -4.72. The lowest BCUT2D eigenvalue weighted by atomic mass is 10.1. The quantitative estimate of drug-likeness (QED) is 0.0366. The van der Waals surface area contributed by atoms with Crippen LogP contribution in [-0.2, 0) is 30.4 Å². The van der Waals surface area contributed by atoms with Crippen LogP contribution in [0.3, 0.4) is 0 Å². The average Bonchev–Trinajstić information content (AvgIpc) is 2.93. The van der Waals surface area contributed by atoms with E-state index in [2.05, 4.69) is 30.4 Å². The number of nitrogens with zero attached hydrogens (tertiary/aromatic N) is 7. The van der Waals surface area contributed by atoms with E-state index in [0.29, 0.717) is 6.07 Å². The van der Waals surface area contributed by atoms with Gasteiger partial charge in [-0.1, -0.05) is 23.9 Å². The van der Waals surface area contributed by atoms with Crippen molar-refractivity contribution in [2.24, 2.45) is 20.5 Å². The van der Waals surface area contributed by atoms with Crippen LogP contribution in [0.25, 0.3) is 10.8 Å². The Bertz CT molecular complexity index is 2260. The highest BCUT2D eigenvalue weighted by molar-refractivity contribution is 8.00. The maximum atomic E-state index is 12.1. The molecule has 0 amide bonds. The molecular formula is C22H19N9O11S4. The van der Waals surface area contributed by atoms with E-state index in [1.165, 1.54) is 18.2 Å². The van der Waals surface area contributed by atoms with Crippen LogP contribution in [0.4, 0.5) is 40.1 Å². The summed E-state index contributed by atoms with van der Waals surface area (Å²) in [5.41, 5.74) is 10.2. The van der Waals surface area contributed by atoms with E-state index in [1.54, 1.807) is 0 Å². The second-order valence-electron chi connectivity index (χ2n) is 8.83. The van der Waals surface area contributed by atoms with E-state index in [4.69, 9.17) is 16.0 Å². The maximum Gasteiger partial charge on any atom is 0.297 e. The van der Waals surface area contributed by atoms with Crippen LogP contribution >= 0.6 is 11.8 Å². The average molecular weight is 714 g/mol. The minimum absolute atomic E-state index is 0.0132. The molecule has 7 N–H and O–H groups in total. The van der Waals surface area contributed by atoms with Gasteiger partial charge in [-0.25, -0.2) is 9.97 Å². The molecule has 1 aromatic heterocycles. The lowest BCUT2D eigenvalue weighted by Gasteiger charge is -2.08. The third kappa shape index (κ3) is 8.30. The van der Waals surface area contributed by atoms with Gasteiger partial charge >= 0.3 is 0 Å². The second-order valence-corrected chi connectivity index (χ2v) is 14.3. The number of rotatable bonds is 11. The van der Waals surface area contributed by atoms with Gasteiger partial charge in [0.05, 0.1) is 26.9 Å². The summed E-state index contributed by atoms with van der Waals surface area (Å²) in [5.74, 6) is -1.19. The number of non-ortho nitro benzene ring substituents is 1. The van der Waals surface area contributed by atoms with Crippen molar-refractivity contribution in [3.63, 3.8) is 0 Å². The molecule has 0 saturated heterocycles. The Morgan fingerprint density at radius 2 is 1.41 bits per heavy atom. The smallest absolute Gasteiger partial charge is 0.297 e. The highest BCUT2D eigenvalue weighted by Crippen LogP contribution is 2.39. The van der Waals surface area contributed by atoms with Gasteiger partial charge in [0.15, 0.2) is 22.5 Å². The van der Waals surface area contributed by atoms with Crippen LogP contribution in [0.2, 0.25) is 0 Å². The van der Waals surface area contributed by atoms with E-state index < -0.39 is 62.2 Å². The highest BCUT2D eigenvalue weighted by Gasteiger charge is 2.21. The SMILES string of the molecule is Nc1nc(SCCS(=O)(=O)O)nc(N)c1/N=N/c1cccc2c(/N=N/c3ccc([N+](=O)[O-])cc3S(=O)(=O)O)cc(S(=O)(=O)O)cc12. The standard InChI is InChI=1S/C22H19N9O11S4/c23-20-19(21(24)26-22(25-20)43-6-7-44(34,35)36)30-27-15-3-1-2-13-14(15)9-12(45(37,38)39)10-17(13)29-28-16-5-4-11(31(32)33)8-18(16)46(40,41)42/h1-5,8-10H,6-7H2,(H,34,35,36)(H,37,38,39)(H,40,41,42)(H4,23,24,25,26)/b29-28+,30-27+. The fraction of sp³-hybridized carbons (Fsp3) is 0.0909. The molecule has 0 saturated carbocycles. The molecule has 242 valence electrons. The fourth-order valence-electron chi connectivity index (χ4n) is 3.63. The molecule has 0 atom stereocenters. The van der Waals surface area contributed by atoms with Gasteiger partial charge in [0.2, 0.25) is 0 Å². The van der Waals surface area contributed by atoms with Crippen molar-refractivity contribution >= 4 is 93.0 Å². The molecule has 0 spiro atoms. The summed E-state index contributed by atoms with van der Waals surface area (Å²) in [6.45, 7) is 0. The van der Waals surface area contributed by atoms with Gasteiger partial charge in [0.1, 0.15) is 10.6 Å².